The Bertz CT molecular complexity index is 725. The molecule has 3 heterocycles. The third-order valence-corrected chi connectivity index (χ3v) is 6.73. The third-order valence-electron chi connectivity index (χ3n) is 5.33. The van der Waals surface area contributed by atoms with Gasteiger partial charge in [-0.15, -0.1) is 11.8 Å². The minimum Gasteiger partial charge on any atom is -0.373 e. The number of nitrogens with one attached hydrogen (secondary N) is 1. The van der Waals surface area contributed by atoms with E-state index in [4.69, 9.17) is 18.7 Å². The van der Waals surface area contributed by atoms with E-state index in [9.17, 15) is 4.79 Å². The van der Waals surface area contributed by atoms with Gasteiger partial charge in [0, 0.05) is 23.8 Å². The van der Waals surface area contributed by atoms with E-state index in [1.165, 1.54) is 0 Å². The quantitative estimate of drug-likeness (QED) is 0.576. The lowest BCUT2D eigenvalue weighted by Gasteiger charge is -2.28. The molecule has 0 saturated carbocycles. The van der Waals surface area contributed by atoms with Crippen molar-refractivity contribution in [3.8, 4) is 0 Å². The molecule has 0 aromatic carbocycles. The fraction of sp³-hybridized carbons (Fsp3) is 0.727. The molecule has 168 valence electrons. The van der Waals surface area contributed by atoms with Crippen molar-refractivity contribution in [1.82, 2.24) is 5.16 Å². The number of hydrogen-bond donors (Lipinski definition) is 1. The first-order chi connectivity index (χ1) is 14.3. The Labute approximate surface area is 183 Å². The highest BCUT2D eigenvalue weighted by Crippen LogP contribution is 2.30. The number of carbonyl (C=O) groups is 1. The molecule has 3 rings (SSSR count). The minimum atomic E-state index is -0.626. The summed E-state index contributed by atoms with van der Waals surface area (Å²) in [7, 11) is 0. The van der Waals surface area contributed by atoms with Gasteiger partial charge in [-0.2, -0.15) is 0 Å². The average molecular weight is 439 g/mol. The van der Waals surface area contributed by atoms with Crippen LogP contribution in [0.25, 0.3) is 0 Å². The van der Waals surface area contributed by atoms with Gasteiger partial charge in [-0.3, -0.25) is 10.1 Å². The number of anilines is 1. The zero-order chi connectivity index (χ0) is 21.6. The minimum absolute atomic E-state index is 0.0571. The van der Waals surface area contributed by atoms with Crippen LogP contribution in [0.3, 0.4) is 0 Å². The predicted molar refractivity (Wildman–Crippen MR) is 118 cm³/mol. The highest BCUT2D eigenvalue weighted by Gasteiger charge is 2.32. The second-order valence-corrected chi connectivity index (χ2v) is 10.6. The van der Waals surface area contributed by atoms with E-state index < -0.39 is 4.75 Å². The number of aromatic nitrogens is 1. The van der Waals surface area contributed by atoms with E-state index in [-0.39, 0.29) is 23.7 Å². The molecule has 8 heteroatoms. The highest BCUT2D eigenvalue weighted by atomic mass is 32.2. The molecule has 2 aliphatic heterocycles. The lowest BCUT2D eigenvalue weighted by Crippen LogP contribution is -2.35. The van der Waals surface area contributed by atoms with Crippen LogP contribution in [-0.4, -0.2) is 53.8 Å². The van der Waals surface area contributed by atoms with E-state index in [1.807, 2.05) is 27.7 Å². The van der Waals surface area contributed by atoms with Crippen molar-refractivity contribution < 1.29 is 23.5 Å². The summed E-state index contributed by atoms with van der Waals surface area (Å²) in [5.41, 5.74) is 0.377. The first kappa shape index (κ1) is 23.3. The standard InChI is InChI=1S/C22H34N2O5S/c1-21(2,15-28-19-10-6-8-12-27-19)17-13-18(29-24-17)23-20(25)22(3,4)30-14-16-9-5-7-11-26-16/h5,9,13,16,19H,6-8,10-12,14-15H2,1-4H3,(H,23,25)/t16-,19?/m0/s1. The van der Waals surface area contributed by atoms with Gasteiger partial charge in [-0.05, 0) is 39.5 Å². The van der Waals surface area contributed by atoms with Gasteiger partial charge in [0.2, 0.25) is 11.8 Å². The Hall–Kier alpha value is -1.35. The van der Waals surface area contributed by atoms with Gasteiger partial charge < -0.3 is 18.7 Å². The number of thioether (sulfide) groups is 1. The maximum atomic E-state index is 12.8. The van der Waals surface area contributed by atoms with Gasteiger partial charge >= 0.3 is 0 Å². The molecule has 2 atom stereocenters. The SMILES string of the molecule is CC(C)(SC[C@@H]1C=CCCO1)C(=O)Nc1cc(C(C)(C)COC2CCCCO2)no1. The summed E-state index contributed by atoms with van der Waals surface area (Å²) >= 11 is 1.56. The van der Waals surface area contributed by atoms with E-state index in [0.29, 0.717) is 12.5 Å². The molecule has 0 aliphatic carbocycles. The molecule has 0 bridgehead atoms. The van der Waals surface area contributed by atoms with Gasteiger partial charge in [0.15, 0.2) is 6.29 Å². The molecular weight excluding hydrogens is 404 g/mol. The number of amides is 1. The van der Waals surface area contributed by atoms with Crippen molar-refractivity contribution in [2.24, 2.45) is 0 Å². The van der Waals surface area contributed by atoms with Gasteiger partial charge in [0.05, 0.1) is 29.8 Å². The summed E-state index contributed by atoms with van der Waals surface area (Å²) in [5.74, 6) is 0.950. The smallest absolute Gasteiger partial charge is 0.242 e. The van der Waals surface area contributed by atoms with E-state index in [2.05, 4.69) is 22.6 Å². The second kappa shape index (κ2) is 10.3. The fourth-order valence-corrected chi connectivity index (χ4v) is 4.15. The zero-order valence-electron chi connectivity index (χ0n) is 18.4. The van der Waals surface area contributed by atoms with Crippen molar-refractivity contribution in [2.75, 3.05) is 30.9 Å². The molecule has 1 amide bonds. The lowest BCUT2D eigenvalue weighted by molar-refractivity contribution is -0.170. The van der Waals surface area contributed by atoms with Crippen molar-refractivity contribution in [3.63, 3.8) is 0 Å². The molecule has 1 aromatic heterocycles. The van der Waals surface area contributed by atoms with Gasteiger partial charge in [0.1, 0.15) is 0 Å². The maximum absolute atomic E-state index is 12.8. The Balaban J connectivity index is 1.50. The number of hydrogen-bond acceptors (Lipinski definition) is 7. The second-order valence-electron chi connectivity index (χ2n) is 8.97. The van der Waals surface area contributed by atoms with Crippen LogP contribution < -0.4 is 5.32 Å². The summed E-state index contributed by atoms with van der Waals surface area (Å²) in [6.07, 6.45) is 8.20. The largest absolute Gasteiger partial charge is 0.373 e. The summed E-state index contributed by atoms with van der Waals surface area (Å²) in [6.45, 7) is 9.84. The average Bonchev–Trinajstić information content (AvgIpc) is 3.22. The summed E-state index contributed by atoms with van der Waals surface area (Å²) in [5, 5.41) is 7.01. The summed E-state index contributed by atoms with van der Waals surface area (Å²) in [6, 6.07) is 1.77. The van der Waals surface area contributed by atoms with Crippen LogP contribution in [0.5, 0.6) is 0 Å². The number of nitrogens with zero attached hydrogens (tertiary/aromatic N) is 1. The van der Waals surface area contributed by atoms with Crippen molar-refractivity contribution in [3.05, 3.63) is 23.9 Å². The molecule has 7 nitrogen and oxygen atoms in total. The highest BCUT2D eigenvalue weighted by molar-refractivity contribution is 8.01. The number of rotatable bonds is 9. The number of ether oxygens (including phenoxy) is 3. The molecular formula is C22H34N2O5S. The maximum Gasteiger partial charge on any atom is 0.242 e. The Morgan fingerprint density at radius 3 is 2.80 bits per heavy atom. The van der Waals surface area contributed by atoms with Crippen LogP contribution in [0.2, 0.25) is 0 Å². The summed E-state index contributed by atoms with van der Waals surface area (Å²) < 4.78 is 22.0. The molecule has 30 heavy (non-hydrogen) atoms. The predicted octanol–water partition coefficient (Wildman–Crippen LogP) is 4.29. The molecule has 1 N–H and O–H groups in total. The van der Waals surface area contributed by atoms with Crippen LogP contribution in [0, 0.1) is 0 Å². The van der Waals surface area contributed by atoms with Gasteiger partial charge in [-0.25, -0.2) is 0 Å². The molecule has 0 radical (unpaired) electrons. The molecule has 2 aliphatic rings. The lowest BCUT2D eigenvalue weighted by atomic mass is 9.90. The van der Waals surface area contributed by atoms with Crippen LogP contribution >= 0.6 is 11.8 Å². The van der Waals surface area contributed by atoms with Gasteiger partial charge in [-0.1, -0.05) is 31.2 Å². The normalized spacial score (nSPS) is 22.8. The van der Waals surface area contributed by atoms with Crippen molar-refractivity contribution >= 4 is 23.6 Å². The van der Waals surface area contributed by atoms with Crippen molar-refractivity contribution in [2.45, 2.75) is 75.9 Å². The van der Waals surface area contributed by atoms with E-state index >= 15 is 0 Å². The van der Waals surface area contributed by atoms with Crippen molar-refractivity contribution in [1.29, 1.82) is 0 Å². The van der Waals surface area contributed by atoms with Crippen LogP contribution in [0.15, 0.2) is 22.7 Å². The van der Waals surface area contributed by atoms with Crippen LogP contribution in [-0.2, 0) is 24.4 Å². The monoisotopic (exact) mass is 438 g/mol. The Morgan fingerprint density at radius 2 is 2.10 bits per heavy atom. The Morgan fingerprint density at radius 1 is 1.27 bits per heavy atom. The van der Waals surface area contributed by atoms with Gasteiger partial charge in [0.25, 0.3) is 0 Å². The molecule has 0 spiro atoms. The third kappa shape index (κ3) is 6.57. The first-order valence-electron chi connectivity index (χ1n) is 10.7. The molecule has 1 saturated heterocycles. The topological polar surface area (TPSA) is 82.8 Å². The van der Waals surface area contributed by atoms with E-state index in [0.717, 1.165) is 50.3 Å². The molecule has 1 aromatic rings. The molecule has 1 unspecified atom stereocenters. The fourth-order valence-electron chi connectivity index (χ4n) is 3.18. The molecule has 1 fully saturated rings. The summed E-state index contributed by atoms with van der Waals surface area (Å²) in [4.78, 5) is 12.8. The zero-order valence-corrected chi connectivity index (χ0v) is 19.3. The van der Waals surface area contributed by atoms with E-state index in [1.54, 1.807) is 17.8 Å². The van der Waals surface area contributed by atoms with Crippen LogP contribution in [0.1, 0.15) is 59.1 Å². The Kier molecular flexibility index (Phi) is 8.01. The van der Waals surface area contributed by atoms with Crippen LogP contribution in [0.4, 0.5) is 5.88 Å². The first-order valence-corrected chi connectivity index (χ1v) is 11.7. The number of carbonyl (C=O) groups excluding carboxylic acids is 1.